The third-order valence-corrected chi connectivity index (χ3v) is 6.26. The molecule has 0 radical (unpaired) electrons. The molecule has 4 rings (SSSR count). The van der Waals surface area contributed by atoms with Gasteiger partial charge in [-0.05, 0) is 39.7 Å². The number of hydrogen-bond donors (Lipinski definition) is 2. The topological polar surface area (TPSA) is 147 Å². The Balaban J connectivity index is 2.06. The summed E-state index contributed by atoms with van der Waals surface area (Å²) in [5, 5.41) is 0. The number of aryl methyl sites for hydroxylation is 3. The summed E-state index contributed by atoms with van der Waals surface area (Å²) in [7, 11) is 1.52. The monoisotopic (exact) mass is 478 g/mol. The SMILES string of the molecule is CC#CCn1c(N2CCC[C@@H](N)C2)c(C(N)=O)c2c1c(=O)n(Cc1nc(C)cc(C)n1)c(=O)n2C. The highest BCUT2D eigenvalue weighted by atomic mass is 16.2. The van der Waals surface area contributed by atoms with E-state index in [-0.39, 0.29) is 35.7 Å². The van der Waals surface area contributed by atoms with Crippen molar-refractivity contribution in [1.29, 1.82) is 0 Å². The van der Waals surface area contributed by atoms with E-state index in [0.717, 1.165) is 28.8 Å². The number of fused-ring (bicyclic) bond motifs is 1. The van der Waals surface area contributed by atoms with Crippen LogP contribution in [0.25, 0.3) is 11.0 Å². The molecule has 0 unspecified atom stereocenters. The Kier molecular flexibility index (Phi) is 6.49. The summed E-state index contributed by atoms with van der Waals surface area (Å²) >= 11 is 0. The van der Waals surface area contributed by atoms with Crippen molar-refractivity contribution in [2.75, 3.05) is 18.0 Å². The zero-order chi connectivity index (χ0) is 25.4. The third-order valence-electron chi connectivity index (χ3n) is 6.26. The van der Waals surface area contributed by atoms with Crippen molar-refractivity contribution in [2.45, 2.75) is 52.7 Å². The van der Waals surface area contributed by atoms with Crippen molar-refractivity contribution in [1.82, 2.24) is 23.7 Å². The van der Waals surface area contributed by atoms with E-state index in [1.807, 2.05) is 24.8 Å². The summed E-state index contributed by atoms with van der Waals surface area (Å²) in [5.41, 5.74) is 12.9. The number of carbonyl (C=O) groups excluding carboxylic acids is 1. The van der Waals surface area contributed by atoms with E-state index in [9.17, 15) is 14.4 Å². The fourth-order valence-electron chi connectivity index (χ4n) is 4.85. The molecule has 11 heteroatoms. The molecule has 1 fully saturated rings. The number of carbonyl (C=O) groups is 1. The second-order valence-corrected chi connectivity index (χ2v) is 8.92. The van der Waals surface area contributed by atoms with Crippen LogP contribution in [0, 0.1) is 25.7 Å². The minimum atomic E-state index is -0.725. The highest BCUT2D eigenvalue weighted by Crippen LogP contribution is 2.32. The molecule has 1 aliphatic heterocycles. The van der Waals surface area contributed by atoms with Crippen LogP contribution in [-0.4, -0.2) is 48.7 Å². The van der Waals surface area contributed by atoms with E-state index in [1.54, 1.807) is 11.5 Å². The number of hydrogen-bond acceptors (Lipinski definition) is 7. The van der Waals surface area contributed by atoms with Crippen LogP contribution in [0.2, 0.25) is 0 Å². The molecule has 3 aromatic heterocycles. The average molecular weight is 479 g/mol. The predicted octanol–water partition coefficient (Wildman–Crippen LogP) is 0.00654. The molecule has 1 aliphatic rings. The lowest BCUT2D eigenvalue weighted by Crippen LogP contribution is -2.44. The number of aromatic nitrogens is 5. The highest BCUT2D eigenvalue weighted by Gasteiger charge is 2.32. The summed E-state index contributed by atoms with van der Waals surface area (Å²) in [4.78, 5) is 50.7. The molecular formula is C24H30N8O3. The van der Waals surface area contributed by atoms with E-state index in [2.05, 4.69) is 21.8 Å². The number of piperidine rings is 1. The van der Waals surface area contributed by atoms with Crippen LogP contribution in [0.1, 0.15) is 47.3 Å². The number of nitrogens with zero attached hydrogens (tertiary/aromatic N) is 6. The zero-order valence-electron chi connectivity index (χ0n) is 20.5. The highest BCUT2D eigenvalue weighted by molar-refractivity contribution is 6.10. The maximum absolute atomic E-state index is 13.8. The van der Waals surface area contributed by atoms with Crippen LogP contribution < -0.4 is 27.6 Å². The van der Waals surface area contributed by atoms with Crippen LogP contribution in [0.5, 0.6) is 0 Å². The average Bonchev–Trinajstić information content (AvgIpc) is 3.14. The lowest BCUT2D eigenvalue weighted by molar-refractivity contribution is 0.100. The molecule has 0 spiro atoms. The van der Waals surface area contributed by atoms with Gasteiger partial charge in [-0.3, -0.25) is 18.7 Å². The van der Waals surface area contributed by atoms with E-state index in [0.29, 0.717) is 24.7 Å². The Hall–Kier alpha value is -3.91. The molecule has 1 amide bonds. The standard InChI is InChI=1S/C24H30N8O3/c1-5-6-10-31-20-19(18(21(26)33)22(31)30-9-7-8-16(25)12-30)29(4)24(35)32(23(20)34)13-17-27-14(2)11-15(3)28-17/h11,16H,7-10,12-13,25H2,1-4H3,(H2,26,33)/t16-/m1/s1. The molecule has 4 heterocycles. The van der Waals surface area contributed by atoms with Gasteiger partial charge in [-0.1, -0.05) is 5.92 Å². The van der Waals surface area contributed by atoms with Crippen molar-refractivity contribution in [3.63, 3.8) is 0 Å². The smallest absolute Gasteiger partial charge is 0.331 e. The van der Waals surface area contributed by atoms with E-state index < -0.39 is 17.2 Å². The van der Waals surface area contributed by atoms with E-state index in [4.69, 9.17) is 11.5 Å². The Morgan fingerprint density at radius 1 is 1.17 bits per heavy atom. The van der Waals surface area contributed by atoms with Gasteiger partial charge in [0, 0.05) is 37.6 Å². The van der Waals surface area contributed by atoms with Crippen molar-refractivity contribution in [3.8, 4) is 11.8 Å². The number of rotatable bonds is 5. The number of anilines is 1. The van der Waals surface area contributed by atoms with Gasteiger partial charge in [0.05, 0.1) is 18.6 Å². The summed E-state index contributed by atoms with van der Waals surface area (Å²) in [6, 6.07) is 1.73. The summed E-state index contributed by atoms with van der Waals surface area (Å²) in [5.74, 6) is 5.93. The van der Waals surface area contributed by atoms with Crippen molar-refractivity contribution in [2.24, 2.45) is 18.5 Å². The van der Waals surface area contributed by atoms with Gasteiger partial charge in [0.25, 0.3) is 11.5 Å². The van der Waals surface area contributed by atoms with Gasteiger partial charge in [-0.15, -0.1) is 5.92 Å². The van der Waals surface area contributed by atoms with Crippen LogP contribution in [-0.2, 0) is 20.1 Å². The lowest BCUT2D eigenvalue weighted by Gasteiger charge is -2.33. The number of primary amides is 1. The summed E-state index contributed by atoms with van der Waals surface area (Å²) in [6.45, 7) is 6.52. The molecule has 1 saturated heterocycles. The van der Waals surface area contributed by atoms with Crippen molar-refractivity contribution in [3.05, 3.63) is 49.7 Å². The Morgan fingerprint density at radius 2 is 1.86 bits per heavy atom. The minimum absolute atomic E-state index is 0.0876. The quantitative estimate of drug-likeness (QED) is 0.491. The Morgan fingerprint density at radius 3 is 2.46 bits per heavy atom. The van der Waals surface area contributed by atoms with Crippen LogP contribution in [0.15, 0.2) is 15.7 Å². The second kappa shape index (κ2) is 9.38. The van der Waals surface area contributed by atoms with Crippen LogP contribution in [0.4, 0.5) is 5.82 Å². The first-order valence-electron chi connectivity index (χ1n) is 11.5. The third kappa shape index (κ3) is 4.33. The second-order valence-electron chi connectivity index (χ2n) is 8.92. The van der Waals surface area contributed by atoms with Crippen molar-refractivity contribution < 1.29 is 4.79 Å². The fourth-order valence-corrected chi connectivity index (χ4v) is 4.85. The fraction of sp³-hybridized carbons (Fsp3) is 0.458. The zero-order valence-corrected chi connectivity index (χ0v) is 20.5. The van der Waals surface area contributed by atoms with Gasteiger partial charge < -0.3 is 20.9 Å². The summed E-state index contributed by atoms with van der Waals surface area (Å²) < 4.78 is 4.07. The molecule has 11 nitrogen and oxygen atoms in total. The molecular weight excluding hydrogens is 448 g/mol. The Labute approximate surface area is 202 Å². The molecule has 184 valence electrons. The number of amides is 1. The molecule has 35 heavy (non-hydrogen) atoms. The Bertz CT molecular complexity index is 1480. The van der Waals surface area contributed by atoms with Gasteiger partial charge in [0.2, 0.25) is 0 Å². The molecule has 1 atom stereocenters. The van der Waals surface area contributed by atoms with Crippen LogP contribution >= 0.6 is 0 Å². The molecule has 4 N–H and O–H groups in total. The largest absolute Gasteiger partial charge is 0.365 e. The first-order valence-corrected chi connectivity index (χ1v) is 11.5. The van der Waals surface area contributed by atoms with Crippen molar-refractivity contribution >= 4 is 22.8 Å². The first kappa shape index (κ1) is 24.2. The lowest BCUT2D eigenvalue weighted by atomic mass is 10.1. The van der Waals surface area contributed by atoms with E-state index in [1.165, 1.54) is 11.6 Å². The molecule has 0 aliphatic carbocycles. The minimum Gasteiger partial charge on any atom is -0.365 e. The molecule has 3 aromatic rings. The molecule has 0 aromatic carbocycles. The molecule has 0 saturated carbocycles. The normalized spacial score (nSPS) is 15.8. The summed E-state index contributed by atoms with van der Waals surface area (Å²) in [6.07, 6.45) is 1.69. The van der Waals surface area contributed by atoms with E-state index >= 15 is 0 Å². The number of nitrogens with two attached hydrogens (primary N) is 2. The predicted molar refractivity (Wildman–Crippen MR) is 133 cm³/mol. The van der Waals surface area contributed by atoms with Gasteiger partial charge in [-0.2, -0.15) is 0 Å². The maximum atomic E-state index is 13.8. The maximum Gasteiger partial charge on any atom is 0.331 e. The van der Waals surface area contributed by atoms with Gasteiger partial charge in [0.1, 0.15) is 22.7 Å². The van der Waals surface area contributed by atoms with Gasteiger partial charge >= 0.3 is 5.69 Å². The molecule has 0 bridgehead atoms. The van der Waals surface area contributed by atoms with Gasteiger partial charge in [0.15, 0.2) is 0 Å². The first-order chi connectivity index (χ1) is 16.6. The van der Waals surface area contributed by atoms with Crippen LogP contribution in [0.3, 0.4) is 0 Å². The van der Waals surface area contributed by atoms with Gasteiger partial charge in [-0.25, -0.2) is 14.8 Å².